The highest BCUT2D eigenvalue weighted by Crippen LogP contribution is 2.22. The minimum absolute atomic E-state index is 0.458. The lowest BCUT2D eigenvalue weighted by Gasteiger charge is -2.24. The summed E-state index contributed by atoms with van der Waals surface area (Å²) in [6, 6.07) is 8.70. The van der Waals surface area contributed by atoms with E-state index in [4.69, 9.17) is 4.74 Å². The molecule has 2 rings (SSSR count). The van der Waals surface area contributed by atoms with Crippen LogP contribution in [0.1, 0.15) is 24.5 Å². The van der Waals surface area contributed by atoms with Crippen molar-refractivity contribution in [2.75, 3.05) is 6.61 Å². The fourth-order valence-corrected chi connectivity index (χ4v) is 2.04. The highest BCUT2D eigenvalue weighted by molar-refractivity contribution is 5.29. The maximum absolute atomic E-state index is 5.64. The van der Waals surface area contributed by atoms with Crippen LogP contribution >= 0.6 is 0 Å². The highest BCUT2D eigenvalue weighted by Gasteiger charge is 2.17. The number of benzene rings is 1. The lowest BCUT2D eigenvalue weighted by molar-refractivity contribution is 0.0534. The minimum Gasteiger partial charge on any atom is -0.378 e. The summed E-state index contributed by atoms with van der Waals surface area (Å²) in [6.45, 7) is 2.91. The number of fused-ring (bicyclic) bond motifs is 1. The molecule has 70 valence electrons. The van der Waals surface area contributed by atoms with Gasteiger partial charge in [-0.15, -0.1) is 0 Å². The van der Waals surface area contributed by atoms with Crippen molar-refractivity contribution in [3.8, 4) is 0 Å². The molecule has 1 nitrogen and oxygen atoms in total. The molecule has 0 aromatic heterocycles. The third-order valence-electron chi connectivity index (χ3n) is 2.70. The normalized spacial score (nSPS) is 21.2. The molecule has 0 N–H and O–H groups in total. The van der Waals surface area contributed by atoms with Gasteiger partial charge >= 0.3 is 0 Å². The Labute approximate surface area is 79.7 Å². The molecule has 0 radical (unpaired) electrons. The molecule has 1 aromatic carbocycles. The highest BCUT2D eigenvalue weighted by atomic mass is 16.5. The van der Waals surface area contributed by atoms with E-state index in [0.717, 1.165) is 13.0 Å². The van der Waals surface area contributed by atoms with Crippen molar-refractivity contribution >= 4 is 0 Å². The van der Waals surface area contributed by atoms with E-state index in [1.807, 2.05) is 0 Å². The Morgan fingerprint density at radius 2 is 2.08 bits per heavy atom. The molecule has 0 amide bonds. The number of ether oxygens (including phenoxy) is 1. The van der Waals surface area contributed by atoms with E-state index in [2.05, 4.69) is 31.2 Å². The van der Waals surface area contributed by atoms with Crippen LogP contribution in [0.5, 0.6) is 0 Å². The summed E-state index contributed by atoms with van der Waals surface area (Å²) in [4.78, 5) is 0. The molecular formula is C12H16O. The van der Waals surface area contributed by atoms with Crippen LogP contribution < -0.4 is 0 Å². The minimum atomic E-state index is 0.458. The lowest BCUT2D eigenvalue weighted by Crippen LogP contribution is -2.22. The van der Waals surface area contributed by atoms with Crippen LogP contribution in [-0.4, -0.2) is 12.7 Å². The topological polar surface area (TPSA) is 9.23 Å². The SMILES string of the molecule is CCOC1CCc2ccccc2C1. The van der Waals surface area contributed by atoms with Gasteiger partial charge in [0, 0.05) is 6.61 Å². The van der Waals surface area contributed by atoms with E-state index >= 15 is 0 Å². The Morgan fingerprint density at radius 3 is 2.85 bits per heavy atom. The Bertz CT molecular complexity index is 280. The predicted octanol–water partition coefficient (Wildman–Crippen LogP) is 2.58. The van der Waals surface area contributed by atoms with Gasteiger partial charge in [0.2, 0.25) is 0 Å². The summed E-state index contributed by atoms with van der Waals surface area (Å²) < 4.78 is 5.64. The van der Waals surface area contributed by atoms with Gasteiger partial charge < -0.3 is 4.74 Å². The van der Waals surface area contributed by atoms with Gasteiger partial charge in [-0.25, -0.2) is 0 Å². The van der Waals surface area contributed by atoms with E-state index in [-0.39, 0.29) is 0 Å². The van der Waals surface area contributed by atoms with Crippen molar-refractivity contribution in [2.45, 2.75) is 32.3 Å². The molecule has 1 aliphatic carbocycles. The monoisotopic (exact) mass is 176 g/mol. The summed E-state index contributed by atoms with van der Waals surface area (Å²) in [5, 5.41) is 0. The smallest absolute Gasteiger partial charge is 0.0618 e. The zero-order valence-corrected chi connectivity index (χ0v) is 8.12. The Hall–Kier alpha value is -0.820. The summed E-state index contributed by atoms with van der Waals surface area (Å²) in [7, 11) is 0. The molecular weight excluding hydrogens is 160 g/mol. The third kappa shape index (κ3) is 1.92. The van der Waals surface area contributed by atoms with Crippen LogP contribution in [0.2, 0.25) is 0 Å². The summed E-state index contributed by atoms with van der Waals surface area (Å²) in [5.41, 5.74) is 2.99. The quantitative estimate of drug-likeness (QED) is 0.673. The molecule has 13 heavy (non-hydrogen) atoms. The molecule has 0 aliphatic heterocycles. The molecule has 0 fully saturated rings. The largest absolute Gasteiger partial charge is 0.378 e. The van der Waals surface area contributed by atoms with Crippen LogP contribution in [0.25, 0.3) is 0 Å². The average Bonchev–Trinajstić information content (AvgIpc) is 2.18. The van der Waals surface area contributed by atoms with Crippen molar-refractivity contribution in [3.63, 3.8) is 0 Å². The molecule has 0 saturated carbocycles. The van der Waals surface area contributed by atoms with Crippen molar-refractivity contribution in [1.29, 1.82) is 0 Å². The number of hydrogen-bond donors (Lipinski definition) is 0. The van der Waals surface area contributed by atoms with Gasteiger partial charge in [0.15, 0.2) is 0 Å². The first-order chi connectivity index (χ1) is 6.40. The van der Waals surface area contributed by atoms with Crippen LogP contribution in [0, 0.1) is 0 Å². The molecule has 1 atom stereocenters. The van der Waals surface area contributed by atoms with E-state index in [0.29, 0.717) is 6.10 Å². The molecule has 1 unspecified atom stereocenters. The fourth-order valence-electron chi connectivity index (χ4n) is 2.04. The van der Waals surface area contributed by atoms with Gasteiger partial charge in [0.05, 0.1) is 6.10 Å². The standard InChI is InChI=1S/C12H16O/c1-2-13-12-8-7-10-5-3-4-6-11(10)9-12/h3-6,12H,2,7-9H2,1H3. The van der Waals surface area contributed by atoms with Gasteiger partial charge in [-0.05, 0) is 37.3 Å². The molecule has 0 saturated heterocycles. The molecule has 1 heteroatoms. The number of hydrogen-bond acceptors (Lipinski definition) is 1. The second-order valence-corrected chi connectivity index (χ2v) is 3.59. The zero-order valence-electron chi connectivity index (χ0n) is 8.12. The molecule has 0 bridgehead atoms. The van der Waals surface area contributed by atoms with Gasteiger partial charge in [-0.3, -0.25) is 0 Å². The average molecular weight is 176 g/mol. The summed E-state index contributed by atoms with van der Waals surface area (Å²) in [5.74, 6) is 0. The number of rotatable bonds is 2. The van der Waals surface area contributed by atoms with Gasteiger partial charge in [-0.1, -0.05) is 24.3 Å². The van der Waals surface area contributed by atoms with Crippen LogP contribution in [0.4, 0.5) is 0 Å². The summed E-state index contributed by atoms with van der Waals surface area (Å²) in [6.07, 6.45) is 3.93. The van der Waals surface area contributed by atoms with E-state index in [9.17, 15) is 0 Å². The van der Waals surface area contributed by atoms with Gasteiger partial charge in [-0.2, -0.15) is 0 Å². The second-order valence-electron chi connectivity index (χ2n) is 3.59. The first kappa shape index (κ1) is 8.76. The van der Waals surface area contributed by atoms with Crippen LogP contribution in [0.15, 0.2) is 24.3 Å². The maximum Gasteiger partial charge on any atom is 0.0618 e. The van der Waals surface area contributed by atoms with E-state index in [1.165, 1.54) is 24.0 Å². The zero-order chi connectivity index (χ0) is 9.10. The molecule has 1 aromatic rings. The summed E-state index contributed by atoms with van der Waals surface area (Å²) >= 11 is 0. The van der Waals surface area contributed by atoms with E-state index in [1.54, 1.807) is 0 Å². The van der Waals surface area contributed by atoms with E-state index < -0.39 is 0 Å². The van der Waals surface area contributed by atoms with Crippen LogP contribution in [-0.2, 0) is 17.6 Å². The van der Waals surface area contributed by atoms with Crippen molar-refractivity contribution in [1.82, 2.24) is 0 Å². The first-order valence-electron chi connectivity index (χ1n) is 5.08. The fraction of sp³-hybridized carbons (Fsp3) is 0.500. The predicted molar refractivity (Wildman–Crippen MR) is 53.9 cm³/mol. The third-order valence-corrected chi connectivity index (χ3v) is 2.70. The lowest BCUT2D eigenvalue weighted by atomic mass is 9.90. The Kier molecular flexibility index (Phi) is 2.65. The van der Waals surface area contributed by atoms with Gasteiger partial charge in [0.1, 0.15) is 0 Å². The van der Waals surface area contributed by atoms with Crippen molar-refractivity contribution in [2.24, 2.45) is 0 Å². The van der Waals surface area contributed by atoms with Crippen molar-refractivity contribution < 1.29 is 4.74 Å². The Morgan fingerprint density at radius 1 is 1.31 bits per heavy atom. The first-order valence-corrected chi connectivity index (χ1v) is 5.08. The second kappa shape index (κ2) is 3.93. The van der Waals surface area contributed by atoms with Crippen LogP contribution in [0.3, 0.4) is 0 Å². The number of aryl methyl sites for hydroxylation is 1. The van der Waals surface area contributed by atoms with Crippen molar-refractivity contribution in [3.05, 3.63) is 35.4 Å². The van der Waals surface area contributed by atoms with Gasteiger partial charge in [0.25, 0.3) is 0 Å². The molecule has 0 spiro atoms. The maximum atomic E-state index is 5.64. The molecule has 1 aliphatic rings. The molecule has 0 heterocycles. The Balaban J connectivity index is 2.11.